The van der Waals surface area contributed by atoms with E-state index in [4.69, 9.17) is 27.9 Å². The second kappa shape index (κ2) is 8.65. The van der Waals surface area contributed by atoms with E-state index in [0.717, 1.165) is 0 Å². The highest BCUT2D eigenvalue weighted by Crippen LogP contribution is 2.34. The molecule has 0 aliphatic carbocycles. The largest absolute Gasteiger partial charge is 0.488 e. The first kappa shape index (κ1) is 20.2. The number of nitrogens with zero attached hydrogens (tertiary/aromatic N) is 2. The molecule has 5 nitrogen and oxygen atoms in total. The lowest BCUT2D eigenvalue weighted by Gasteiger charge is -2.13. The molecule has 0 atom stereocenters. The van der Waals surface area contributed by atoms with Crippen molar-refractivity contribution < 1.29 is 9.13 Å². The van der Waals surface area contributed by atoms with Gasteiger partial charge in [-0.1, -0.05) is 41.0 Å². The molecule has 0 fully saturated rings. The molecule has 0 aliphatic rings. The van der Waals surface area contributed by atoms with Crippen LogP contribution < -0.4 is 10.3 Å². The number of nitrogens with one attached hydrogen (secondary N) is 1. The molecule has 0 spiro atoms. The van der Waals surface area contributed by atoms with Crippen molar-refractivity contribution in [3.63, 3.8) is 0 Å². The summed E-state index contributed by atoms with van der Waals surface area (Å²) in [5.74, 6) is -0.0941. The van der Waals surface area contributed by atoms with Gasteiger partial charge in [0.25, 0.3) is 5.56 Å². The maximum atomic E-state index is 13.2. The maximum Gasteiger partial charge on any atom is 0.270 e. The van der Waals surface area contributed by atoms with Crippen molar-refractivity contribution in [2.24, 2.45) is 0 Å². The Labute approximate surface area is 174 Å². The number of aromatic amines is 1. The molecule has 1 heterocycles. The van der Waals surface area contributed by atoms with Crippen molar-refractivity contribution >= 4 is 35.0 Å². The number of thioether (sulfide) groups is 1. The summed E-state index contributed by atoms with van der Waals surface area (Å²) in [5, 5.41) is 10.4. The van der Waals surface area contributed by atoms with Gasteiger partial charge in [-0.3, -0.25) is 4.79 Å². The Kier molecular flexibility index (Phi) is 6.25. The van der Waals surface area contributed by atoms with E-state index in [2.05, 4.69) is 9.97 Å². The minimum absolute atomic E-state index is 0.0498. The van der Waals surface area contributed by atoms with Crippen molar-refractivity contribution in [3.8, 4) is 23.1 Å². The molecule has 0 amide bonds. The third-order valence-corrected chi connectivity index (χ3v) is 4.96. The summed E-state index contributed by atoms with van der Waals surface area (Å²) in [7, 11) is 0. The summed E-state index contributed by atoms with van der Waals surface area (Å²) >= 11 is 13.4. The quantitative estimate of drug-likeness (QED) is 0.447. The monoisotopic (exact) mass is 435 g/mol. The van der Waals surface area contributed by atoms with Gasteiger partial charge in [0, 0.05) is 16.1 Å². The van der Waals surface area contributed by atoms with E-state index in [1.54, 1.807) is 24.5 Å². The van der Waals surface area contributed by atoms with E-state index >= 15 is 0 Å². The summed E-state index contributed by atoms with van der Waals surface area (Å²) in [6.07, 6.45) is 1.75. The SMILES string of the molecule is CSc1nc(-c2cc(Cl)ccc2OCc2ccc(F)cc2Cl)c(C#N)c(=O)[nH]1. The first-order valence-corrected chi connectivity index (χ1v) is 9.86. The van der Waals surface area contributed by atoms with Gasteiger partial charge in [-0.05, 0) is 36.6 Å². The number of aromatic nitrogens is 2. The molecule has 0 saturated carbocycles. The Bertz CT molecular complexity index is 1140. The van der Waals surface area contributed by atoms with Gasteiger partial charge < -0.3 is 9.72 Å². The number of ether oxygens (including phenoxy) is 1. The van der Waals surface area contributed by atoms with Crippen LogP contribution in [0.3, 0.4) is 0 Å². The number of hydrogen-bond acceptors (Lipinski definition) is 5. The van der Waals surface area contributed by atoms with Crippen LogP contribution in [-0.2, 0) is 6.61 Å². The highest BCUT2D eigenvalue weighted by molar-refractivity contribution is 7.98. The highest BCUT2D eigenvalue weighted by atomic mass is 35.5. The highest BCUT2D eigenvalue weighted by Gasteiger charge is 2.18. The Balaban J connectivity index is 2.06. The fourth-order valence-electron chi connectivity index (χ4n) is 2.46. The number of rotatable bonds is 5. The lowest BCUT2D eigenvalue weighted by atomic mass is 10.1. The second-order valence-corrected chi connectivity index (χ2v) is 7.21. The van der Waals surface area contributed by atoms with Crippen LogP contribution in [-0.4, -0.2) is 16.2 Å². The normalized spacial score (nSPS) is 10.5. The molecule has 1 aromatic heterocycles. The average molecular weight is 436 g/mol. The second-order valence-electron chi connectivity index (χ2n) is 5.58. The van der Waals surface area contributed by atoms with E-state index in [1.165, 1.54) is 30.0 Å². The molecule has 28 heavy (non-hydrogen) atoms. The first-order valence-electron chi connectivity index (χ1n) is 7.88. The zero-order valence-electron chi connectivity index (χ0n) is 14.4. The third kappa shape index (κ3) is 4.30. The van der Waals surface area contributed by atoms with Crippen LogP contribution in [0.25, 0.3) is 11.3 Å². The van der Waals surface area contributed by atoms with Crippen molar-refractivity contribution in [1.82, 2.24) is 9.97 Å². The molecule has 0 unspecified atom stereocenters. The molecule has 3 rings (SSSR count). The van der Waals surface area contributed by atoms with Crippen molar-refractivity contribution in [3.05, 3.63) is 73.7 Å². The Morgan fingerprint density at radius 3 is 2.75 bits per heavy atom. The topological polar surface area (TPSA) is 78.8 Å². The molecule has 0 aliphatic heterocycles. The number of halogens is 3. The van der Waals surface area contributed by atoms with Crippen LogP contribution in [0, 0.1) is 17.1 Å². The molecule has 2 aromatic carbocycles. The lowest BCUT2D eigenvalue weighted by molar-refractivity contribution is 0.307. The molecule has 3 aromatic rings. The lowest BCUT2D eigenvalue weighted by Crippen LogP contribution is -2.15. The number of benzene rings is 2. The summed E-state index contributed by atoms with van der Waals surface area (Å²) in [4.78, 5) is 19.1. The van der Waals surface area contributed by atoms with Crippen LogP contribution in [0.1, 0.15) is 11.1 Å². The number of H-pyrrole nitrogens is 1. The van der Waals surface area contributed by atoms with E-state index in [9.17, 15) is 14.4 Å². The number of hydrogen-bond donors (Lipinski definition) is 1. The fraction of sp³-hybridized carbons (Fsp3) is 0.105. The predicted molar refractivity (Wildman–Crippen MR) is 108 cm³/mol. The van der Waals surface area contributed by atoms with Gasteiger partial charge in [0.05, 0.1) is 5.02 Å². The molecular weight excluding hydrogens is 424 g/mol. The van der Waals surface area contributed by atoms with Gasteiger partial charge >= 0.3 is 0 Å². The molecular formula is C19H12Cl2FN3O2S. The molecule has 9 heteroatoms. The van der Waals surface area contributed by atoms with E-state index in [1.807, 2.05) is 6.07 Å². The molecule has 0 saturated heterocycles. The first-order chi connectivity index (χ1) is 13.4. The average Bonchev–Trinajstić information content (AvgIpc) is 2.67. The summed E-state index contributed by atoms with van der Waals surface area (Å²) < 4.78 is 19.1. The van der Waals surface area contributed by atoms with Crippen molar-refractivity contribution in [2.45, 2.75) is 11.8 Å². The van der Waals surface area contributed by atoms with Gasteiger partial charge in [-0.25, -0.2) is 9.37 Å². The Hall–Kier alpha value is -2.53. The minimum atomic E-state index is -0.552. The predicted octanol–water partition coefficient (Wildman–Crippen LogP) is 5.06. The van der Waals surface area contributed by atoms with Crippen molar-refractivity contribution in [1.29, 1.82) is 5.26 Å². The Morgan fingerprint density at radius 2 is 2.07 bits per heavy atom. The van der Waals surface area contributed by atoms with E-state index < -0.39 is 11.4 Å². The molecule has 0 bridgehead atoms. The molecule has 1 N–H and O–H groups in total. The third-order valence-electron chi connectivity index (χ3n) is 3.80. The summed E-state index contributed by atoms with van der Waals surface area (Å²) in [5.41, 5.74) is 0.434. The van der Waals surface area contributed by atoms with Crippen LogP contribution in [0.15, 0.2) is 46.3 Å². The Morgan fingerprint density at radius 1 is 1.29 bits per heavy atom. The standard InChI is InChI=1S/C19H12Cl2FN3O2S/c1-28-19-24-17(14(8-23)18(26)25-19)13-6-11(20)3-5-16(13)27-9-10-2-4-12(22)7-15(10)21/h2-7H,9H2,1H3,(H,24,25,26). The smallest absolute Gasteiger partial charge is 0.270 e. The van der Waals surface area contributed by atoms with E-state index in [-0.39, 0.29) is 22.9 Å². The van der Waals surface area contributed by atoms with E-state index in [0.29, 0.717) is 27.1 Å². The van der Waals surface area contributed by atoms with Gasteiger partial charge in [0.1, 0.15) is 35.5 Å². The van der Waals surface area contributed by atoms with Crippen LogP contribution in [0.5, 0.6) is 5.75 Å². The van der Waals surface area contributed by atoms with Gasteiger partial charge in [-0.15, -0.1) is 0 Å². The zero-order chi connectivity index (χ0) is 20.3. The number of nitriles is 1. The van der Waals surface area contributed by atoms with Gasteiger partial charge in [0.2, 0.25) is 0 Å². The minimum Gasteiger partial charge on any atom is -0.488 e. The van der Waals surface area contributed by atoms with Crippen LogP contribution in [0.2, 0.25) is 10.0 Å². The molecule has 142 valence electrons. The molecule has 0 radical (unpaired) electrons. The van der Waals surface area contributed by atoms with Gasteiger partial charge in [-0.2, -0.15) is 5.26 Å². The zero-order valence-corrected chi connectivity index (χ0v) is 16.8. The van der Waals surface area contributed by atoms with Crippen LogP contribution >= 0.6 is 35.0 Å². The van der Waals surface area contributed by atoms with Gasteiger partial charge in [0.15, 0.2) is 5.16 Å². The van der Waals surface area contributed by atoms with Crippen molar-refractivity contribution in [2.75, 3.05) is 6.26 Å². The summed E-state index contributed by atoms with van der Waals surface area (Å²) in [6.45, 7) is 0.0498. The maximum absolute atomic E-state index is 13.2. The fourth-order valence-corrected chi connectivity index (χ4v) is 3.23. The summed E-state index contributed by atoms with van der Waals surface area (Å²) in [6, 6.07) is 10.7. The van der Waals surface area contributed by atoms with Crippen LogP contribution in [0.4, 0.5) is 4.39 Å².